The van der Waals surface area contributed by atoms with E-state index in [1.165, 1.54) is 38.8 Å². The van der Waals surface area contributed by atoms with Gasteiger partial charge >= 0.3 is 0 Å². The summed E-state index contributed by atoms with van der Waals surface area (Å²) in [5, 5.41) is 0. The standard InChI is InChI=1S/C23H34N2O3/c1-27-21-7-5-6-19(16-21)17-22(26)25-13-9-23(10-14-25)18-20(8-15-28-23)24-11-3-2-4-12-24/h5-7,16,20H,2-4,8-15,17-18H2,1H3. The summed E-state index contributed by atoms with van der Waals surface area (Å²) in [6.07, 6.45) is 8.78. The van der Waals surface area contributed by atoms with Crippen molar-refractivity contribution < 1.29 is 14.3 Å². The van der Waals surface area contributed by atoms with E-state index in [4.69, 9.17) is 9.47 Å². The molecule has 1 spiro atoms. The van der Waals surface area contributed by atoms with Gasteiger partial charge in [-0.15, -0.1) is 0 Å². The number of benzene rings is 1. The molecule has 1 atom stereocenters. The normalized spacial score (nSPS) is 25.6. The van der Waals surface area contributed by atoms with E-state index in [1.807, 2.05) is 29.2 Å². The molecule has 0 radical (unpaired) electrons. The lowest BCUT2D eigenvalue weighted by molar-refractivity contribution is -0.149. The highest BCUT2D eigenvalue weighted by Crippen LogP contribution is 2.37. The van der Waals surface area contributed by atoms with Crippen molar-refractivity contribution >= 4 is 5.91 Å². The van der Waals surface area contributed by atoms with Crippen LogP contribution in [-0.4, -0.2) is 67.2 Å². The van der Waals surface area contributed by atoms with Crippen LogP contribution in [-0.2, 0) is 16.0 Å². The summed E-state index contributed by atoms with van der Waals surface area (Å²) in [7, 11) is 1.66. The lowest BCUT2D eigenvalue weighted by atomic mass is 9.81. The Bertz CT molecular complexity index is 664. The van der Waals surface area contributed by atoms with Gasteiger partial charge in [-0.05, 0) is 69.3 Å². The van der Waals surface area contributed by atoms with Crippen molar-refractivity contribution in [1.29, 1.82) is 0 Å². The van der Waals surface area contributed by atoms with Crippen LogP contribution in [0.5, 0.6) is 5.75 Å². The van der Waals surface area contributed by atoms with Crippen LogP contribution in [0.2, 0.25) is 0 Å². The smallest absolute Gasteiger partial charge is 0.226 e. The third kappa shape index (κ3) is 4.52. The predicted molar refractivity (Wildman–Crippen MR) is 110 cm³/mol. The molecular formula is C23H34N2O3. The minimum Gasteiger partial charge on any atom is -0.497 e. The Balaban J connectivity index is 1.31. The van der Waals surface area contributed by atoms with Gasteiger partial charge in [-0.25, -0.2) is 0 Å². The molecule has 3 aliphatic heterocycles. The molecule has 154 valence electrons. The molecule has 1 amide bonds. The minimum absolute atomic E-state index is 0.00683. The Kier molecular flexibility index (Phi) is 6.22. The van der Waals surface area contributed by atoms with Crippen LogP contribution in [0.1, 0.15) is 50.5 Å². The van der Waals surface area contributed by atoms with E-state index >= 15 is 0 Å². The van der Waals surface area contributed by atoms with Crippen molar-refractivity contribution in [3.63, 3.8) is 0 Å². The maximum absolute atomic E-state index is 12.8. The van der Waals surface area contributed by atoms with Crippen molar-refractivity contribution in [3.8, 4) is 5.75 Å². The zero-order chi connectivity index (χ0) is 19.4. The summed E-state index contributed by atoms with van der Waals surface area (Å²) in [6, 6.07) is 8.49. The van der Waals surface area contributed by atoms with Crippen molar-refractivity contribution in [3.05, 3.63) is 29.8 Å². The van der Waals surface area contributed by atoms with Gasteiger partial charge in [0.15, 0.2) is 0 Å². The van der Waals surface area contributed by atoms with Crippen LogP contribution >= 0.6 is 0 Å². The van der Waals surface area contributed by atoms with Gasteiger partial charge in [-0.3, -0.25) is 4.79 Å². The third-order valence-corrected chi connectivity index (χ3v) is 6.89. The number of nitrogens with zero attached hydrogens (tertiary/aromatic N) is 2. The largest absolute Gasteiger partial charge is 0.497 e. The van der Waals surface area contributed by atoms with E-state index in [9.17, 15) is 4.79 Å². The lowest BCUT2D eigenvalue weighted by Crippen LogP contribution is -2.55. The molecular weight excluding hydrogens is 352 g/mol. The molecule has 0 aliphatic carbocycles. The number of likely N-dealkylation sites (tertiary alicyclic amines) is 2. The fourth-order valence-corrected chi connectivity index (χ4v) is 5.18. The second-order valence-corrected chi connectivity index (χ2v) is 8.68. The summed E-state index contributed by atoms with van der Waals surface area (Å²) in [5.74, 6) is 1.02. The molecule has 0 aromatic heterocycles. The summed E-state index contributed by atoms with van der Waals surface area (Å²) < 4.78 is 11.6. The van der Waals surface area contributed by atoms with Gasteiger partial charge in [-0.1, -0.05) is 18.6 Å². The number of methoxy groups -OCH3 is 1. The Morgan fingerprint density at radius 1 is 1.18 bits per heavy atom. The fraction of sp³-hybridized carbons (Fsp3) is 0.696. The quantitative estimate of drug-likeness (QED) is 0.797. The molecule has 3 fully saturated rings. The predicted octanol–water partition coefficient (Wildman–Crippen LogP) is 3.26. The number of amides is 1. The topological polar surface area (TPSA) is 42.0 Å². The number of ether oxygens (including phenoxy) is 2. The second-order valence-electron chi connectivity index (χ2n) is 8.68. The van der Waals surface area contributed by atoms with E-state index in [2.05, 4.69) is 4.90 Å². The highest BCUT2D eigenvalue weighted by molar-refractivity contribution is 5.79. The molecule has 3 aliphatic rings. The minimum atomic E-state index is -0.00683. The van der Waals surface area contributed by atoms with E-state index in [0.717, 1.165) is 50.3 Å². The van der Waals surface area contributed by atoms with Gasteiger partial charge in [0.25, 0.3) is 0 Å². The molecule has 1 aromatic carbocycles. The molecule has 3 saturated heterocycles. The Hall–Kier alpha value is -1.59. The zero-order valence-electron chi connectivity index (χ0n) is 17.2. The van der Waals surface area contributed by atoms with Gasteiger partial charge in [0.1, 0.15) is 5.75 Å². The summed E-state index contributed by atoms with van der Waals surface area (Å²) in [5.41, 5.74) is 1.01. The second kappa shape index (κ2) is 8.83. The van der Waals surface area contributed by atoms with Gasteiger partial charge < -0.3 is 19.3 Å². The van der Waals surface area contributed by atoms with Crippen LogP contribution in [0.4, 0.5) is 0 Å². The first-order valence-corrected chi connectivity index (χ1v) is 11.0. The average molecular weight is 387 g/mol. The van der Waals surface area contributed by atoms with Gasteiger partial charge in [0, 0.05) is 25.7 Å². The molecule has 1 aromatic rings. The lowest BCUT2D eigenvalue weighted by Gasteiger charge is -2.49. The van der Waals surface area contributed by atoms with Gasteiger partial charge in [-0.2, -0.15) is 0 Å². The number of piperidine rings is 2. The third-order valence-electron chi connectivity index (χ3n) is 6.89. The highest BCUT2D eigenvalue weighted by Gasteiger charge is 2.42. The van der Waals surface area contributed by atoms with Crippen LogP contribution in [0.3, 0.4) is 0 Å². The van der Waals surface area contributed by atoms with E-state index < -0.39 is 0 Å². The number of rotatable bonds is 4. The molecule has 0 saturated carbocycles. The monoisotopic (exact) mass is 386 g/mol. The summed E-state index contributed by atoms with van der Waals surface area (Å²) in [6.45, 7) is 5.02. The number of carbonyl (C=O) groups is 1. The van der Waals surface area contributed by atoms with E-state index in [0.29, 0.717) is 12.5 Å². The first kappa shape index (κ1) is 19.7. The van der Waals surface area contributed by atoms with Crippen molar-refractivity contribution in [2.45, 2.75) is 63.0 Å². The Morgan fingerprint density at radius 2 is 1.96 bits per heavy atom. The van der Waals surface area contributed by atoms with Crippen molar-refractivity contribution in [1.82, 2.24) is 9.80 Å². The van der Waals surface area contributed by atoms with Gasteiger partial charge in [0.05, 0.1) is 19.1 Å². The van der Waals surface area contributed by atoms with Crippen LogP contribution < -0.4 is 4.74 Å². The van der Waals surface area contributed by atoms with Crippen LogP contribution in [0.25, 0.3) is 0 Å². The summed E-state index contributed by atoms with van der Waals surface area (Å²) in [4.78, 5) is 17.5. The molecule has 4 rings (SSSR count). The van der Waals surface area contributed by atoms with Gasteiger partial charge in [0.2, 0.25) is 5.91 Å². The molecule has 5 nitrogen and oxygen atoms in total. The Morgan fingerprint density at radius 3 is 2.71 bits per heavy atom. The molecule has 0 bridgehead atoms. The molecule has 5 heteroatoms. The first-order chi connectivity index (χ1) is 13.7. The van der Waals surface area contributed by atoms with E-state index in [-0.39, 0.29) is 11.5 Å². The van der Waals surface area contributed by atoms with Crippen molar-refractivity contribution in [2.24, 2.45) is 0 Å². The SMILES string of the molecule is COc1cccc(CC(=O)N2CCC3(CC2)CC(N2CCCCC2)CCO3)c1. The van der Waals surface area contributed by atoms with Crippen LogP contribution in [0.15, 0.2) is 24.3 Å². The van der Waals surface area contributed by atoms with E-state index in [1.54, 1.807) is 7.11 Å². The first-order valence-electron chi connectivity index (χ1n) is 11.0. The molecule has 1 unspecified atom stereocenters. The maximum Gasteiger partial charge on any atom is 0.226 e. The Labute approximate surface area is 169 Å². The highest BCUT2D eigenvalue weighted by atomic mass is 16.5. The number of hydrogen-bond donors (Lipinski definition) is 0. The molecule has 28 heavy (non-hydrogen) atoms. The fourth-order valence-electron chi connectivity index (χ4n) is 5.18. The maximum atomic E-state index is 12.8. The summed E-state index contributed by atoms with van der Waals surface area (Å²) >= 11 is 0. The van der Waals surface area contributed by atoms with Crippen molar-refractivity contribution in [2.75, 3.05) is 39.9 Å². The molecule has 3 heterocycles. The number of hydrogen-bond acceptors (Lipinski definition) is 4. The zero-order valence-corrected chi connectivity index (χ0v) is 17.2. The molecule has 0 N–H and O–H groups in total. The average Bonchev–Trinajstić information content (AvgIpc) is 2.75. The van der Waals surface area contributed by atoms with Crippen LogP contribution in [0, 0.1) is 0 Å². The number of carbonyl (C=O) groups excluding carboxylic acids is 1.